The lowest BCUT2D eigenvalue weighted by Gasteiger charge is -2.15. The molecule has 0 aliphatic heterocycles. The van der Waals surface area contributed by atoms with E-state index in [4.69, 9.17) is 20.9 Å². The third-order valence-electron chi connectivity index (χ3n) is 2.23. The Morgan fingerprint density at radius 2 is 2.32 bits per heavy atom. The first kappa shape index (κ1) is 15.6. The molecule has 0 aliphatic rings. The highest BCUT2D eigenvalue weighted by Crippen LogP contribution is 2.02. The van der Waals surface area contributed by atoms with Gasteiger partial charge in [0.2, 0.25) is 0 Å². The SMILES string of the molecule is COB(OC(=O)CN(C)CC=O)c1ccc(Cl)cn1. The molecule has 19 heavy (non-hydrogen) atoms. The Balaban J connectivity index is 2.59. The van der Waals surface area contributed by atoms with Crippen molar-refractivity contribution in [3.05, 3.63) is 23.4 Å². The molecule has 1 aromatic rings. The van der Waals surface area contributed by atoms with Crippen molar-refractivity contribution in [3.63, 3.8) is 0 Å². The molecule has 8 heteroatoms. The second-order valence-electron chi connectivity index (χ2n) is 3.82. The summed E-state index contributed by atoms with van der Waals surface area (Å²) in [5.74, 6) is -0.507. The minimum atomic E-state index is -0.894. The van der Waals surface area contributed by atoms with Crippen LogP contribution in [0, 0.1) is 0 Å². The maximum absolute atomic E-state index is 11.6. The van der Waals surface area contributed by atoms with Gasteiger partial charge in [0.15, 0.2) is 0 Å². The van der Waals surface area contributed by atoms with Crippen molar-refractivity contribution in [2.75, 3.05) is 27.2 Å². The van der Waals surface area contributed by atoms with E-state index in [1.54, 1.807) is 19.2 Å². The van der Waals surface area contributed by atoms with E-state index in [2.05, 4.69) is 4.98 Å². The molecular weight excluding hydrogens is 270 g/mol. The van der Waals surface area contributed by atoms with Crippen LogP contribution in [0.2, 0.25) is 5.02 Å². The zero-order chi connectivity index (χ0) is 14.3. The number of hydrogen-bond acceptors (Lipinski definition) is 6. The van der Waals surface area contributed by atoms with Crippen LogP contribution in [0.5, 0.6) is 0 Å². The average Bonchev–Trinajstić information content (AvgIpc) is 2.37. The molecule has 0 atom stereocenters. The van der Waals surface area contributed by atoms with Gasteiger partial charge in [-0.15, -0.1) is 0 Å². The first-order chi connectivity index (χ1) is 9.06. The first-order valence-corrected chi connectivity index (χ1v) is 5.90. The van der Waals surface area contributed by atoms with Crippen LogP contribution in [0.4, 0.5) is 0 Å². The van der Waals surface area contributed by atoms with Gasteiger partial charge in [0.05, 0.1) is 23.7 Å². The van der Waals surface area contributed by atoms with Gasteiger partial charge in [-0.25, -0.2) is 0 Å². The summed E-state index contributed by atoms with van der Waals surface area (Å²) in [6, 6.07) is 3.24. The van der Waals surface area contributed by atoms with Crippen molar-refractivity contribution in [3.8, 4) is 0 Å². The summed E-state index contributed by atoms with van der Waals surface area (Å²) in [6.07, 6.45) is 2.15. The summed E-state index contributed by atoms with van der Waals surface area (Å²) in [5.41, 5.74) is 0.443. The monoisotopic (exact) mass is 284 g/mol. The molecule has 0 saturated heterocycles. The first-order valence-electron chi connectivity index (χ1n) is 5.52. The molecule has 1 aromatic heterocycles. The molecule has 0 aromatic carbocycles. The third kappa shape index (κ3) is 5.38. The lowest BCUT2D eigenvalue weighted by Crippen LogP contribution is -2.42. The Labute approximate surface area is 116 Å². The Morgan fingerprint density at radius 3 is 2.84 bits per heavy atom. The molecule has 1 heterocycles. The predicted octanol–water partition coefficient (Wildman–Crippen LogP) is -0.249. The van der Waals surface area contributed by atoms with E-state index in [-0.39, 0.29) is 13.1 Å². The topological polar surface area (TPSA) is 68.7 Å². The number of aromatic nitrogens is 1. The second-order valence-corrected chi connectivity index (χ2v) is 4.26. The molecule has 102 valence electrons. The standard InChI is InChI=1S/C11H14BClN2O4/c1-15(5-6-16)8-11(17)19-12(18-2)10-4-3-9(13)7-14-10/h3-4,6-7H,5,8H2,1-2H3. The highest BCUT2D eigenvalue weighted by Gasteiger charge is 2.26. The lowest BCUT2D eigenvalue weighted by atomic mass is 9.84. The lowest BCUT2D eigenvalue weighted by molar-refractivity contribution is -0.136. The van der Waals surface area contributed by atoms with Crippen LogP contribution in [-0.4, -0.2) is 56.5 Å². The number of carbonyl (C=O) groups is 2. The van der Waals surface area contributed by atoms with E-state index in [9.17, 15) is 9.59 Å². The Bertz CT molecular complexity index is 429. The normalized spacial score (nSPS) is 10.3. The predicted molar refractivity (Wildman–Crippen MR) is 71.3 cm³/mol. The summed E-state index contributed by atoms with van der Waals surface area (Å²) in [7, 11) is 2.15. The zero-order valence-electron chi connectivity index (χ0n) is 10.7. The van der Waals surface area contributed by atoms with Crippen LogP contribution in [-0.2, 0) is 18.9 Å². The number of pyridine rings is 1. The van der Waals surface area contributed by atoms with Gasteiger partial charge in [-0.3, -0.25) is 14.7 Å². The van der Waals surface area contributed by atoms with Gasteiger partial charge in [-0.1, -0.05) is 11.6 Å². The van der Waals surface area contributed by atoms with Crippen LogP contribution >= 0.6 is 11.6 Å². The minimum Gasteiger partial charge on any atom is -0.504 e. The molecule has 0 bridgehead atoms. The molecule has 0 saturated carbocycles. The Kier molecular flexibility index (Phi) is 6.48. The van der Waals surface area contributed by atoms with Crippen LogP contribution in [0.3, 0.4) is 0 Å². The van der Waals surface area contributed by atoms with Crippen molar-refractivity contribution in [1.29, 1.82) is 0 Å². The molecule has 1 rings (SSSR count). The molecule has 0 amide bonds. The molecule has 0 N–H and O–H groups in total. The van der Waals surface area contributed by atoms with E-state index in [0.717, 1.165) is 0 Å². The fourth-order valence-corrected chi connectivity index (χ4v) is 1.44. The number of carbonyl (C=O) groups excluding carboxylic acids is 2. The minimum absolute atomic E-state index is 0.00775. The smallest absolute Gasteiger partial charge is 0.504 e. The van der Waals surface area contributed by atoms with E-state index in [1.165, 1.54) is 18.2 Å². The van der Waals surface area contributed by atoms with Gasteiger partial charge >= 0.3 is 13.1 Å². The molecule has 0 radical (unpaired) electrons. The van der Waals surface area contributed by atoms with E-state index in [0.29, 0.717) is 16.9 Å². The summed E-state index contributed by atoms with van der Waals surface area (Å²) in [6.45, 7) is 0.151. The average molecular weight is 285 g/mol. The van der Waals surface area contributed by atoms with Crippen molar-refractivity contribution in [2.24, 2.45) is 0 Å². The molecule has 0 aliphatic carbocycles. The Morgan fingerprint density at radius 1 is 1.58 bits per heavy atom. The van der Waals surface area contributed by atoms with Gasteiger partial charge in [0.25, 0.3) is 0 Å². The van der Waals surface area contributed by atoms with Gasteiger partial charge < -0.3 is 14.1 Å². The van der Waals surface area contributed by atoms with Crippen molar-refractivity contribution < 1.29 is 18.9 Å². The third-order valence-corrected chi connectivity index (χ3v) is 2.45. The second kappa shape index (κ2) is 7.88. The summed E-state index contributed by atoms with van der Waals surface area (Å²) in [4.78, 5) is 27.5. The molecule has 0 spiro atoms. The fraction of sp³-hybridized carbons (Fsp3) is 0.364. The van der Waals surface area contributed by atoms with E-state index < -0.39 is 13.1 Å². The number of hydrogen-bond donors (Lipinski definition) is 0. The maximum atomic E-state index is 11.6. The van der Waals surface area contributed by atoms with Gasteiger partial charge in [0, 0.05) is 13.3 Å². The number of rotatable bonds is 7. The van der Waals surface area contributed by atoms with Gasteiger partial charge in [-0.05, 0) is 19.2 Å². The largest absolute Gasteiger partial charge is 0.584 e. The van der Waals surface area contributed by atoms with E-state index >= 15 is 0 Å². The summed E-state index contributed by atoms with van der Waals surface area (Å²) >= 11 is 5.72. The molecule has 0 unspecified atom stereocenters. The van der Waals surface area contributed by atoms with Gasteiger partial charge in [-0.2, -0.15) is 0 Å². The van der Waals surface area contributed by atoms with Crippen molar-refractivity contribution in [2.45, 2.75) is 0 Å². The van der Waals surface area contributed by atoms with Gasteiger partial charge in [0.1, 0.15) is 6.29 Å². The van der Waals surface area contributed by atoms with Crippen molar-refractivity contribution in [1.82, 2.24) is 9.88 Å². The molecule has 0 fully saturated rings. The highest BCUT2D eigenvalue weighted by molar-refractivity contribution is 6.61. The fourth-order valence-electron chi connectivity index (χ4n) is 1.32. The van der Waals surface area contributed by atoms with E-state index in [1.807, 2.05) is 0 Å². The molecule has 6 nitrogen and oxygen atoms in total. The quantitative estimate of drug-likeness (QED) is 0.508. The maximum Gasteiger partial charge on any atom is 0.584 e. The molecular formula is C11H14BClN2O4. The number of halogens is 1. The highest BCUT2D eigenvalue weighted by atomic mass is 35.5. The van der Waals surface area contributed by atoms with Crippen LogP contribution in [0.1, 0.15) is 0 Å². The summed E-state index contributed by atoms with van der Waals surface area (Å²) < 4.78 is 10.2. The number of likely N-dealkylation sites (N-methyl/N-ethyl adjacent to an activating group) is 1. The number of nitrogens with zero attached hydrogens (tertiary/aromatic N) is 2. The van der Waals surface area contributed by atoms with Crippen LogP contribution in [0.25, 0.3) is 0 Å². The van der Waals surface area contributed by atoms with Crippen LogP contribution in [0.15, 0.2) is 18.3 Å². The zero-order valence-corrected chi connectivity index (χ0v) is 11.5. The van der Waals surface area contributed by atoms with Crippen LogP contribution < -0.4 is 5.59 Å². The van der Waals surface area contributed by atoms with Crippen molar-refractivity contribution >= 4 is 36.6 Å². The summed E-state index contributed by atoms with van der Waals surface area (Å²) in [5, 5.41) is 0.482. The number of aldehydes is 1. The Hall–Kier alpha value is -1.44.